The Hall–Kier alpha value is -4.14. The molecule has 0 radical (unpaired) electrons. The fourth-order valence-electron chi connectivity index (χ4n) is 5.97. The summed E-state index contributed by atoms with van der Waals surface area (Å²) in [6.07, 6.45) is 3.57. The van der Waals surface area contributed by atoms with Crippen molar-refractivity contribution in [1.82, 2.24) is 9.88 Å². The predicted octanol–water partition coefficient (Wildman–Crippen LogP) is 8.26. The van der Waals surface area contributed by atoms with Gasteiger partial charge in [-0.15, -0.1) is 0 Å². The third-order valence-electron chi connectivity index (χ3n) is 8.24. The number of benzene rings is 4. The van der Waals surface area contributed by atoms with Crippen molar-refractivity contribution in [1.29, 1.82) is 0 Å². The first-order chi connectivity index (χ1) is 22.3. The average molecular weight is 674 g/mol. The molecule has 7 nitrogen and oxygen atoms in total. The molecule has 0 spiro atoms. The second-order valence-electron chi connectivity index (χ2n) is 11.3. The summed E-state index contributed by atoms with van der Waals surface area (Å²) in [4.78, 5) is 36.7. The molecule has 1 aliphatic heterocycles. The highest BCUT2D eigenvalue weighted by molar-refractivity contribution is 6.42. The zero-order valence-corrected chi connectivity index (χ0v) is 27.0. The van der Waals surface area contributed by atoms with Gasteiger partial charge in [-0.2, -0.15) is 0 Å². The number of amides is 1. The van der Waals surface area contributed by atoms with Crippen LogP contribution in [0.2, 0.25) is 15.1 Å². The number of likely N-dealkylation sites (tertiary alicyclic amines) is 1. The van der Waals surface area contributed by atoms with Crippen LogP contribution in [0.25, 0.3) is 10.9 Å². The Labute approximate surface area is 281 Å². The van der Waals surface area contributed by atoms with Crippen molar-refractivity contribution in [2.45, 2.75) is 37.9 Å². The van der Waals surface area contributed by atoms with Crippen molar-refractivity contribution in [2.24, 2.45) is 4.99 Å². The summed E-state index contributed by atoms with van der Waals surface area (Å²) in [6, 6.07) is 26.3. The van der Waals surface area contributed by atoms with E-state index in [1.165, 1.54) is 0 Å². The van der Waals surface area contributed by atoms with E-state index in [2.05, 4.69) is 15.2 Å². The predicted molar refractivity (Wildman–Crippen MR) is 185 cm³/mol. The van der Waals surface area contributed by atoms with Gasteiger partial charge in [0, 0.05) is 46.2 Å². The minimum Gasteiger partial charge on any atom is -0.480 e. The van der Waals surface area contributed by atoms with Gasteiger partial charge in [0.15, 0.2) is 6.04 Å². The first-order valence-electron chi connectivity index (χ1n) is 15.0. The number of aromatic nitrogens is 1. The third-order valence-corrected chi connectivity index (χ3v) is 9.21. The maximum Gasteiger partial charge on any atom is 0.328 e. The van der Waals surface area contributed by atoms with Crippen molar-refractivity contribution in [3.8, 4) is 0 Å². The molecule has 0 unspecified atom stereocenters. The number of carboxylic acids is 1. The number of hydrogen-bond donors (Lipinski definition) is 3. The fourth-order valence-corrected chi connectivity index (χ4v) is 6.46. The largest absolute Gasteiger partial charge is 0.480 e. The Morgan fingerprint density at radius 1 is 0.957 bits per heavy atom. The molecule has 234 valence electrons. The maximum absolute atomic E-state index is 13.8. The number of nitrogens with one attached hydrogen (secondary N) is 2. The second kappa shape index (κ2) is 14.1. The van der Waals surface area contributed by atoms with Crippen LogP contribution in [0.3, 0.4) is 0 Å². The lowest BCUT2D eigenvalue weighted by Crippen LogP contribution is -2.39. The highest BCUT2D eigenvalue weighted by Crippen LogP contribution is 2.29. The van der Waals surface area contributed by atoms with Crippen LogP contribution >= 0.6 is 34.8 Å². The molecule has 0 aliphatic carbocycles. The van der Waals surface area contributed by atoms with E-state index >= 15 is 0 Å². The van der Waals surface area contributed by atoms with Gasteiger partial charge in [-0.3, -0.25) is 14.7 Å². The SMILES string of the molecule is O=C(O)[C@H](Cc1c[nH]c2ccccc12)N=C(c1ccccc1)c1cc(Cl)ccc1NC(=O)[C@@H]1CCCN1Cc1ccc(Cl)c(Cl)c1. The maximum atomic E-state index is 13.8. The van der Waals surface area contributed by atoms with Gasteiger partial charge >= 0.3 is 5.97 Å². The van der Waals surface area contributed by atoms with Crippen molar-refractivity contribution in [3.63, 3.8) is 0 Å². The number of carboxylic acid groups (broad SMARTS) is 1. The molecule has 46 heavy (non-hydrogen) atoms. The van der Waals surface area contributed by atoms with Gasteiger partial charge in [0.2, 0.25) is 5.91 Å². The quantitative estimate of drug-likeness (QED) is 0.130. The highest BCUT2D eigenvalue weighted by atomic mass is 35.5. The summed E-state index contributed by atoms with van der Waals surface area (Å²) in [5.74, 6) is -1.22. The molecule has 10 heteroatoms. The lowest BCUT2D eigenvalue weighted by atomic mass is 9.98. The van der Waals surface area contributed by atoms with Gasteiger partial charge in [-0.1, -0.05) is 89.4 Å². The molecule has 1 aromatic heterocycles. The zero-order valence-electron chi connectivity index (χ0n) is 24.7. The summed E-state index contributed by atoms with van der Waals surface area (Å²) < 4.78 is 0. The first kappa shape index (κ1) is 31.8. The molecule has 1 aliphatic rings. The van der Waals surface area contributed by atoms with Crippen molar-refractivity contribution < 1.29 is 14.7 Å². The van der Waals surface area contributed by atoms with Gasteiger partial charge in [0.1, 0.15) is 0 Å². The van der Waals surface area contributed by atoms with Gasteiger partial charge in [-0.05, 0) is 66.9 Å². The van der Waals surface area contributed by atoms with E-state index in [9.17, 15) is 14.7 Å². The van der Waals surface area contributed by atoms with E-state index in [0.29, 0.717) is 50.6 Å². The van der Waals surface area contributed by atoms with E-state index in [0.717, 1.165) is 35.0 Å². The molecule has 4 aromatic carbocycles. The molecular formula is C36H31Cl3N4O3. The lowest BCUT2D eigenvalue weighted by Gasteiger charge is -2.25. The Morgan fingerprint density at radius 2 is 1.74 bits per heavy atom. The number of rotatable bonds is 10. The van der Waals surface area contributed by atoms with Crippen molar-refractivity contribution in [2.75, 3.05) is 11.9 Å². The first-order valence-corrected chi connectivity index (χ1v) is 16.1. The smallest absolute Gasteiger partial charge is 0.328 e. The molecule has 2 heterocycles. The number of nitrogens with zero attached hydrogens (tertiary/aromatic N) is 2. The normalized spacial score (nSPS) is 16.1. The Kier molecular flexibility index (Phi) is 9.75. The lowest BCUT2D eigenvalue weighted by molar-refractivity contribution is -0.138. The van der Waals surface area contributed by atoms with Crippen LogP contribution < -0.4 is 5.32 Å². The van der Waals surface area contributed by atoms with Crippen LogP contribution in [-0.2, 0) is 22.6 Å². The summed E-state index contributed by atoms with van der Waals surface area (Å²) >= 11 is 18.9. The highest BCUT2D eigenvalue weighted by Gasteiger charge is 2.31. The van der Waals surface area contributed by atoms with E-state index in [1.807, 2.05) is 72.9 Å². The zero-order chi connectivity index (χ0) is 32.2. The van der Waals surface area contributed by atoms with E-state index in [-0.39, 0.29) is 18.4 Å². The molecule has 1 fully saturated rings. The van der Waals surface area contributed by atoms with Gasteiger partial charge < -0.3 is 15.4 Å². The van der Waals surface area contributed by atoms with Crippen LogP contribution in [-0.4, -0.2) is 51.2 Å². The third kappa shape index (κ3) is 7.13. The number of aromatic amines is 1. The molecule has 1 saturated heterocycles. The molecule has 0 bridgehead atoms. The van der Waals surface area contributed by atoms with Crippen LogP contribution in [0.5, 0.6) is 0 Å². The molecule has 3 N–H and O–H groups in total. The van der Waals surface area contributed by atoms with Crippen LogP contribution in [0, 0.1) is 0 Å². The number of fused-ring (bicyclic) bond motifs is 1. The number of carbonyl (C=O) groups excluding carboxylic acids is 1. The number of halogens is 3. The Morgan fingerprint density at radius 3 is 2.52 bits per heavy atom. The minimum atomic E-state index is -1.10. The summed E-state index contributed by atoms with van der Waals surface area (Å²) in [5.41, 5.74) is 4.89. The second-order valence-corrected chi connectivity index (χ2v) is 12.6. The van der Waals surface area contributed by atoms with E-state index < -0.39 is 12.0 Å². The fraction of sp³-hybridized carbons (Fsp3) is 0.194. The van der Waals surface area contributed by atoms with E-state index in [1.54, 1.807) is 24.3 Å². The van der Waals surface area contributed by atoms with Gasteiger partial charge in [-0.25, -0.2) is 4.79 Å². The number of H-pyrrole nitrogens is 1. The van der Waals surface area contributed by atoms with Crippen molar-refractivity contribution >= 4 is 69.0 Å². The summed E-state index contributed by atoms with van der Waals surface area (Å²) in [6.45, 7) is 1.31. The molecular weight excluding hydrogens is 643 g/mol. The van der Waals surface area contributed by atoms with Gasteiger partial charge in [0.05, 0.1) is 27.5 Å². The summed E-state index contributed by atoms with van der Waals surface area (Å²) in [5, 5.41) is 15.8. The number of para-hydroxylation sites is 1. The molecule has 5 aromatic rings. The van der Waals surface area contributed by atoms with Gasteiger partial charge in [0.25, 0.3) is 0 Å². The minimum absolute atomic E-state index is 0.165. The monoisotopic (exact) mass is 672 g/mol. The topological polar surface area (TPSA) is 97.8 Å². The number of aliphatic imine (C=N–C) groups is 1. The average Bonchev–Trinajstić information content (AvgIpc) is 3.69. The number of carbonyl (C=O) groups is 2. The van der Waals surface area contributed by atoms with Crippen LogP contribution in [0.1, 0.15) is 35.1 Å². The standard InChI is InChI=1S/C36H31Cl3N4O3/c37-25-13-15-31(42-35(44)33-11-6-16-43(33)21-22-12-14-28(38)29(39)17-22)27(19-25)34(23-7-2-1-3-8-23)41-32(36(45)46)18-24-20-40-30-10-5-4-9-26(24)30/h1-5,7-10,12-15,17,19-20,32-33,40H,6,11,16,18,21H2,(H,42,44)(H,45,46)/t32-,33-/m0/s1. The molecule has 2 atom stereocenters. The molecule has 1 amide bonds. The van der Waals surface area contributed by atoms with Crippen LogP contribution in [0.15, 0.2) is 102 Å². The van der Waals surface area contributed by atoms with E-state index in [4.69, 9.17) is 39.8 Å². The molecule has 6 rings (SSSR count). The molecule has 0 saturated carbocycles. The number of anilines is 1. The number of aliphatic carboxylic acids is 1. The number of hydrogen-bond acceptors (Lipinski definition) is 4. The Bertz CT molecular complexity index is 1920. The summed E-state index contributed by atoms with van der Waals surface area (Å²) in [7, 11) is 0. The van der Waals surface area contributed by atoms with Crippen LogP contribution in [0.4, 0.5) is 5.69 Å². The van der Waals surface area contributed by atoms with Crippen molar-refractivity contribution in [3.05, 3.63) is 135 Å². The Balaban J connectivity index is 1.33.